The molecule has 0 bridgehead atoms. The van der Waals surface area contributed by atoms with E-state index >= 15 is 0 Å². The Morgan fingerprint density at radius 1 is 1.29 bits per heavy atom. The first-order chi connectivity index (χ1) is 7.80. The average Bonchev–Trinajstić information content (AvgIpc) is 2.59. The second kappa shape index (κ2) is 3.99. The van der Waals surface area contributed by atoms with Crippen molar-refractivity contribution in [3.05, 3.63) is 23.0 Å². The minimum atomic E-state index is -2.80. The smallest absolute Gasteiger partial charge is 0.200 e. The number of fused-ring (bicyclic) bond motifs is 1. The van der Waals surface area contributed by atoms with E-state index < -0.39 is 10.7 Å². The summed E-state index contributed by atoms with van der Waals surface area (Å²) < 4.78 is 27.8. The van der Waals surface area contributed by atoms with Gasteiger partial charge in [-0.25, -0.2) is 13.4 Å². The number of rotatable bonds is 1. The molecule has 0 unspecified atom stereocenters. The van der Waals surface area contributed by atoms with Crippen molar-refractivity contribution >= 4 is 33.4 Å². The first-order valence-corrected chi connectivity index (χ1v) is 6.60. The lowest BCUT2D eigenvalue weighted by Crippen LogP contribution is -2.10. The van der Waals surface area contributed by atoms with Crippen LogP contribution < -0.4 is 0 Å². The summed E-state index contributed by atoms with van der Waals surface area (Å²) in [4.78, 5) is 4.28. The lowest BCUT2D eigenvalue weighted by Gasteiger charge is -2.11. The molecule has 0 fully saturated rings. The van der Waals surface area contributed by atoms with Crippen molar-refractivity contribution in [2.75, 3.05) is 0 Å². The molecule has 6 heteroatoms. The topological polar surface area (TPSA) is 60.2 Å². The van der Waals surface area contributed by atoms with Gasteiger partial charge in [0.15, 0.2) is 16.3 Å². The SMILES string of the molecule is CC(C)(C)c1nc2ccc(Cl)c([SH](=O)=O)c2o1. The summed E-state index contributed by atoms with van der Waals surface area (Å²) in [5.41, 5.74) is 0.462. The fourth-order valence-corrected chi connectivity index (χ4v) is 2.38. The molecule has 0 N–H and O–H groups in total. The molecule has 1 aromatic heterocycles. The molecule has 0 saturated heterocycles. The van der Waals surface area contributed by atoms with Crippen molar-refractivity contribution in [3.8, 4) is 0 Å². The second-order valence-corrected chi connectivity index (χ2v) is 6.14. The van der Waals surface area contributed by atoms with Crippen LogP contribution in [0.3, 0.4) is 0 Å². The minimum Gasteiger partial charge on any atom is -0.439 e. The third-order valence-electron chi connectivity index (χ3n) is 2.31. The number of nitrogens with zero attached hydrogens (tertiary/aromatic N) is 1. The van der Waals surface area contributed by atoms with Crippen molar-refractivity contribution in [2.45, 2.75) is 31.1 Å². The summed E-state index contributed by atoms with van der Waals surface area (Å²) in [6, 6.07) is 3.16. The highest BCUT2D eigenvalue weighted by Gasteiger charge is 2.23. The third kappa shape index (κ3) is 2.17. The number of thiol groups is 1. The Hall–Kier alpha value is -1.07. The van der Waals surface area contributed by atoms with Gasteiger partial charge in [-0.15, -0.1) is 0 Å². The highest BCUT2D eigenvalue weighted by molar-refractivity contribution is 7.73. The van der Waals surface area contributed by atoms with Crippen LogP contribution in [0.4, 0.5) is 0 Å². The Morgan fingerprint density at radius 3 is 2.47 bits per heavy atom. The van der Waals surface area contributed by atoms with Crippen LogP contribution in [-0.2, 0) is 16.1 Å². The molecule has 0 amide bonds. The summed E-state index contributed by atoms with van der Waals surface area (Å²) in [7, 11) is -2.80. The number of oxazole rings is 1. The van der Waals surface area contributed by atoms with Gasteiger partial charge < -0.3 is 4.42 Å². The molecular weight excluding hydrogens is 262 g/mol. The molecule has 1 heterocycles. The first kappa shape index (κ1) is 12.4. The second-order valence-electron chi connectivity index (χ2n) is 4.77. The zero-order valence-electron chi connectivity index (χ0n) is 9.65. The monoisotopic (exact) mass is 273 g/mol. The van der Waals surface area contributed by atoms with E-state index in [9.17, 15) is 8.42 Å². The number of hydrogen-bond acceptors (Lipinski definition) is 4. The van der Waals surface area contributed by atoms with Crippen molar-refractivity contribution in [1.29, 1.82) is 0 Å². The Balaban J connectivity index is 2.82. The molecule has 0 saturated carbocycles. The minimum absolute atomic E-state index is 0.00201. The zero-order valence-corrected chi connectivity index (χ0v) is 11.3. The molecule has 1 aromatic carbocycles. The van der Waals surface area contributed by atoms with E-state index in [1.165, 1.54) is 6.07 Å². The largest absolute Gasteiger partial charge is 0.439 e. The predicted octanol–water partition coefficient (Wildman–Crippen LogP) is 2.75. The highest BCUT2D eigenvalue weighted by Crippen LogP contribution is 2.31. The Labute approximate surface area is 106 Å². The predicted molar refractivity (Wildman–Crippen MR) is 66.3 cm³/mol. The maximum atomic E-state index is 11.2. The van der Waals surface area contributed by atoms with E-state index in [0.29, 0.717) is 11.4 Å². The lowest BCUT2D eigenvalue weighted by molar-refractivity contribution is 0.408. The van der Waals surface area contributed by atoms with E-state index in [2.05, 4.69) is 4.98 Å². The van der Waals surface area contributed by atoms with Crippen LogP contribution in [0.1, 0.15) is 26.7 Å². The van der Waals surface area contributed by atoms with Gasteiger partial charge >= 0.3 is 0 Å². The zero-order chi connectivity index (χ0) is 12.8. The van der Waals surface area contributed by atoms with E-state index in [0.717, 1.165) is 0 Å². The molecule has 17 heavy (non-hydrogen) atoms. The molecule has 0 radical (unpaired) electrons. The number of hydrogen-bond donors (Lipinski definition) is 1. The van der Waals surface area contributed by atoms with Gasteiger partial charge in [0.05, 0.1) is 5.02 Å². The highest BCUT2D eigenvalue weighted by atomic mass is 35.5. The number of halogens is 1. The van der Waals surface area contributed by atoms with Crippen LogP contribution in [0.2, 0.25) is 5.02 Å². The molecule has 2 rings (SSSR count). The van der Waals surface area contributed by atoms with Gasteiger partial charge in [-0.1, -0.05) is 32.4 Å². The normalized spacial score (nSPS) is 12.5. The van der Waals surface area contributed by atoms with Gasteiger partial charge in [-0.05, 0) is 12.1 Å². The Bertz CT molecular complexity index is 645. The van der Waals surface area contributed by atoms with E-state index in [1.807, 2.05) is 20.8 Å². The molecular formula is C11H12ClNO3S. The van der Waals surface area contributed by atoms with Crippen molar-refractivity contribution < 1.29 is 12.8 Å². The number of benzene rings is 1. The Morgan fingerprint density at radius 2 is 1.94 bits per heavy atom. The van der Waals surface area contributed by atoms with Crippen LogP contribution in [-0.4, -0.2) is 13.4 Å². The summed E-state index contributed by atoms with van der Waals surface area (Å²) in [6.45, 7) is 5.82. The van der Waals surface area contributed by atoms with Gasteiger partial charge in [0, 0.05) is 5.41 Å². The van der Waals surface area contributed by atoms with Crippen LogP contribution in [0.5, 0.6) is 0 Å². The average molecular weight is 274 g/mol. The maximum absolute atomic E-state index is 11.2. The van der Waals surface area contributed by atoms with Crippen molar-refractivity contribution in [2.24, 2.45) is 0 Å². The third-order valence-corrected chi connectivity index (χ3v) is 3.56. The first-order valence-electron chi connectivity index (χ1n) is 5.04. The standard InChI is InChI=1S/C11H12ClNO3S/c1-11(2,3)10-13-7-5-4-6(12)9(17(14)15)8(7)16-10/h4-5,17H,1-3H3. The van der Waals surface area contributed by atoms with Gasteiger partial charge in [0.1, 0.15) is 10.4 Å². The molecule has 4 nitrogen and oxygen atoms in total. The van der Waals surface area contributed by atoms with Crippen molar-refractivity contribution in [1.82, 2.24) is 4.98 Å². The van der Waals surface area contributed by atoms with Crippen LogP contribution in [0, 0.1) is 0 Å². The summed E-state index contributed by atoms with van der Waals surface area (Å²) in [6.07, 6.45) is 0. The van der Waals surface area contributed by atoms with Gasteiger partial charge in [-0.2, -0.15) is 0 Å². The fraction of sp³-hybridized carbons (Fsp3) is 0.364. The number of aromatic nitrogens is 1. The van der Waals surface area contributed by atoms with Crippen LogP contribution in [0.25, 0.3) is 11.1 Å². The van der Waals surface area contributed by atoms with Gasteiger partial charge in [0.2, 0.25) is 5.89 Å². The quantitative estimate of drug-likeness (QED) is 0.812. The summed E-state index contributed by atoms with van der Waals surface area (Å²) in [5, 5.41) is 0.158. The maximum Gasteiger partial charge on any atom is 0.200 e. The summed E-state index contributed by atoms with van der Waals surface area (Å²) in [5.74, 6) is 0.493. The van der Waals surface area contributed by atoms with Crippen LogP contribution >= 0.6 is 11.6 Å². The molecule has 92 valence electrons. The van der Waals surface area contributed by atoms with Gasteiger partial charge in [0.25, 0.3) is 0 Å². The molecule has 0 aliphatic carbocycles. The molecule has 0 aliphatic rings. The molecule has 0 atom stereocenters. The van der Waals surface area contributed by atoms with E-state index in [-0.39, 0.29) is 20.9 Å². The van der Waals surface area contributed by atoms with Crippen LogP contribution in [0.15, 0.2) is 21.4 Å². The van der Waals surface area contributed by atoms with E-state index in [1.54, 1.807) is 6.07 Å². The van der Waals surface area contributed by atoms with Crippen molar-refractivity contribution in [3.63, 3.8) is 0 Å². The molecule has 2 aromatic rings. The molecule has 0 spiro atoms. The van der Waals surface area contributed by atoms with Gasteiger partial charge in [-0.3, -0.25) is 0 Å². The molecule has 0 aliphatic heterocycles. The van der Waals surface area contributed by atoms with E-state index in [4.69, 9.17) is 16.0 Å². The lowest BCUT2D eigenvalue weighted by atomic mass is 9.97. The summed E-state index contributed by atoms with van der Waals surface area (Å²) >= 11 is 5.85. The Kier molecular flexibility index (Phi) is 2.91. The fourth-order valence-electron chi connectivity index (χ4n) is 1.44.